The second-order valence-corrected chi connectivity index (χ2v) is 6.93. The summed E-state index contributed by atoms with van der Waals surface area (Å²) in [7, 11) is 0. The number of carbonyl (C=O) groups is 1. The summed E-state index contributed by atoms with van der Waals surface area (Å²) in [5.41, 5.74) is 4.60. The van der Waals surface area contributed by atoms with E-state index in [0.717, 1.165) is 53.6 Å². The van der Waals surface area contributed by atoms with Gasteiger partial charge in [0.1, 0.15) is 11.5 Å². The van der Waals surface area contributed by atoms with Crippen LogP contribution in [0.15, 0.2) is 53.6 Å². The van der Waals surface area contributed by atoms with Crippen molar-refractivity contribution in [2.45, 2.75) is 32.7 Å². The molecule has 3 rings (SSSR count). The molecule has 2 aromatic carbocycles. The number of carbonyl (C=O) groups excluding carboxylic acids is 1. The van der Waals surface area contributed by atoms with Crippen LogP contribution in [0.2, 0.25) is 5.15 Å². The van der Waals surface area contributed by atoms with E-state index >= 15 is 0 Å². The van der Waals surface area contributed by atoms with Crippen LogP contribution >= 0.6 is 11.6 Å². The number of aldehydes is 1. The smallest absolute Gasteiger partial charge is 0.169 e. The Morgan fingerprint density at radius 1 is 1.18 bits per heavy atom. The molecular weight excluding hydrogens is 372 g/mol. The van der Waals surface area contributed by atoms with Crippen molar-refractivity contribution in [1.29, 1.82) is 0 Å². The van der Waals surface area contributed by atoms with E-state index in [-0.39, 0.29) is 5.15 Å². The molecule has 28 heavy (non-hydrogen) atoms. The van der Waals surface area contributed by atoms with Crippen molar-refractivity contribution in [1.82, 2.24) is 9.55 Å². The van der Waals surface area contributed by atoms with E-state index in [9.17, 15) is 4.79 Å². The molecule has 0 aliphatic heterocycles. The van der Waals surface area contributed by atoms with Crippen LogP contribution in [0.25, 0.3) is 11.1 Å². The van der Waals surface area contributed by atoms with Gasteiger partial charge in [-0.25, -0.2) is 4.98 Å². The zero-order valence-corrected chi connectivity index (χ0v) is 16.6. The van der Waals surface area contributed by atoms with Gasteiger partial charge < -0.3 is 10.4 Å². The maximum atomic E-state index is 11.5. The number of halogens is 1. The lowest BCUT2D eigenvalue weighted by Gasteiger charge is -2.11. The minimum Gasteiger partial charge on any atom is -0.323 e. The summed E-state index contributed by atoms with van der Waals surface area (Å²) in [4.78, 5) is 15.9. The summed E-state index contributed by atoms with van der Waals surface area (Å²) >= 11 is 6.16. The van der Waals surface area contributed by atoms with Crippen LogP contribution in [0, 0.1) is 0 Å². The zero-order valence-electron chi connectivity index (χ0n) is 15.8. The summed E-state index contributed by atoms with van der Waals surface area (Å²) in [6.45, 7) is 2.68. The van der Waals surface area contributed by atoms with Gasteiger partial charge in [-0.15, -0.1) is 0 Å². The Balaban J connectivity index is 1.89. The van der Waals surface area contributed by atoms with Gasteiger partial charge in [-0.3, -0.25) is 4.79 Å². The number of nitrogens with zero attached hydrogens (tertiary/aromatic N) is 3. The van der Waals surface area contributed by atoms with Gasteiger partial charge in [0.25, 0.3) is 0 Å². The fraction of sp³-hybridized carbons (Fsp3) is 0.227. The first-order chi connectivity index (χ1) is 13.7. The molecule has 1 aromatic heterocycles. The Kier molecular flexibility index (Phi) is 6.61. The van der Waals surface area contributed by atoms with Crippen molar-refractivity contribution in [2.24, 2.45) is 10.9 Å². The Hall–Kier alpha value is -2.92. The summed E-state index contributed by atoms with van der Waals surface area (Å²) in [5, 5.41) is 3.91. The van der Waals surface area contributed by atoms with Crippen molar-refractivity contribution in [3.05, 3.63) is 76.3 Å². The monoisotopic (exact) mass is 394 g/mol. The van der Waals surface area contributed by atoms with Crippen LogP contribution in [0.1, 0.15) is 47.2 Å². The minimum absolute atomic E-state index is 0.271. The van der Waals surface area contributed by atoms with Crippen molar-refractivity contribution < 1.29 is 4.79 Å². The van der Waals surface area contributed by atoms with E-state index in [1.807, 2.05) is 28.8 Å². The molecule has 144 valence electrons. The first-order valence-corrected chi connectivity index (χ1v) is 9.67. The third-order valence-electron chi connectivity index (χ3n) is 4.69. The van der Waals surface area contributed by atoms with Crippen molar-refractivity contribution in [3.8, 4) is 11.1 Å². The van der Waals surface area contributed by atoms with Crippen LogP contribution in [-0.2, 0) is 13.0 Å². The van der Waals surface area contributed by atoms with E-state index in [0.29, 0.717) is 12.2 Å². The van der Waals surface area contributed by atoms with Crippen LogP contribution < -0.4 is 5.84 Å². The first-order valence-electron chi connectivity index (χ1n) is 9.29. The number of hydrogen-bond donors (Lipinski definition) is 1. The van der Waals surface area contributed by atoms with Crippen LogP contribution in [0.5, 0.6) is 0 Å². The fourth-order valence-electron chi connectivity index (χ4n) is 3.22. The quantitative estimate of drug-likeness (QED) is 0.260. The van der Waals surface area contributed by atoms with Gasteiger partial charge in [0, 0.05) is 18.5 Å². The molecule has 2 N–H and O–H groups in total. The molecule has 0 saturated carbocycles. The number of nitrogens with two attached hydrogens (primary N) is 1. The maximum Gasteiger partial charge on any atom is 0.169 e. The first kappa shape index (κ1) is 19.8. The van der Waals surface area contributed by atoms with E-state index in [2.05, 4.69) is 41.3 Å². The molecule has 0 amide bonds. The third kappa shape index (κ3) is 4.31. The Labute approximate surface area is 169 Å². The lowest BCUT2D eigenvalue weighted by Crippen LogP contribution is -2.08. The molecule has 0 spiro atoms. The summed E-state index contributed by atoms with van der Waals surface area (Å²) in [5.74, 6) is 6.17. The number of hydrazone groups is 1. The molecule has 1 heterocycles. The number of hydrogen-bond acceptors (Lipinski definition) is 4. The average Bonchev–Trinajstić information content (AvgIpc) is 3.02. The van der Waals surface area contributed by atoms with Gasteiger partial charge in [0.15, 0.2) is 11.4 Å². The van der Waals surface area contributed by atoms with E-state index in [4.69, 9.17) is 17.4 Å². The van der Waals surface area contributed by atoms with Crippen molar-refractivity contribution >= 4 is 24.1 Å². The molecule has 0 radical (unpaired) electrons. The topological polar surface area (TPSA) is 73.3 Å². The normalized spacial score (nSPS) is 11.2. The summed E-state index contributed by atoms with van der Waals surface area (Å²) in [6, 6.07) is 16.2. The van der Waals surface area contributed by atoms with E-state index in [1.165, 1.54) is 0 Å². The number of unbranched alkanes of at least 4 members (excludes halogenated alkanes) is 1. The third-order valence-corrected chi connectivity index (χ3v) is 4.96. The highest BCUT2D eigenvalue weighted by Gasteiger charge is 2.15. The minimum atomic E-state index is 0.271. The Bertz CT molecular complexity index is 977. The highest BCUT2D eigenvalue weighted by molar-refractivity contribution is 6.31. The van der Waals surface area contributed by atoms with E-state index < -0.39 is 0 Å². The molecule has 0 aliphatic carbocycles. The number of imidazole rings is 1. The SMILES string of the molecule is CCCCc1nc(Cl)c(C=O)n1Cc1ccc(-c2ccccc2/C=N/N)cc1. The van der Waals surface area contributed by atoms with Gasteiger partial charge in [-0.05, 0) is 23.1 Å². The Morgan fingerprint density at radius 3 is 2.61 bits per heavy atom. The fourth-order valence-corrected chi connectivity index (χ4v) is 3.46. The molecule has 0 aliphatic rings. The van der Waals surface area contributed by atoms with Gasteiger partial charge in [0.2, 0.25) is 0 Å². The number of rotatable bonds is 8. The number of aromatic nitrogens is 2. The van der Waals surface area contributed by atoms with Gasteiger partial charge >= 0.3 is 0 Å². The predicted molar refractivity (Wildman–Crippen MR) is 114 cm³/mol. The van der Waals surface area contributed by atoms with Crippen LogP contribution in [0.3, 0.4) is 0 Å². The molecule has 6 heteroatoms. The molecule has 0 bridgehead atoms. The standard InChI is InChI=1S/C22H23ClN4O/c1-2-3-8-21-26-22(23)20(15-28)27(21)14-16-9-11-17(12-10-16)19-7-5-4-6-18(19)13-25-24/h4-7,9-13,15H,2-3,8,14,24H2,1H3/b25-13+. The maximum absolute atomic E-state index is 11.5. The largest absolute Gasteiger partial charge is 0.323 e. The number of aryl methyl sites for hydroxylation is 1. The highest BCUT2D eigenvalue weighted by atomic mass is 35.5. The lowest BCUT2D eigenvalue weighted by atomic mass is 9.99. The van der Waals surface area contributed by atoms with Crippen LogP contribution in [0.4, 0.5) is 0 Å². The van der Waals surface area contributed by atoms with Crippen molar-refractivity contribution in [3.63, 3.8) is 0 Å². The Morgan fingerprint density at radius 2 is 1.93 bits per heavy atom. The molecule has 3 aromatic rings. The second-order valence-electron chi connectivity index (χ2n) is 6.57. The average molecular weight is 395 g/mol. The van der Waals surface area contributed by atoms with Crippen molar-refractivity contribution in [2.75, 3.05) is 0 Å². The molecule has 0 saturated heterocycles. The van der Waals surface area contributed by atoms with Gasteiger partial charge in [0.05, 0.1) is 6.21 Å². The van der Waals surface area contributed by atoms with Gasteiger partial charge in [-0.2, -0.15) is 5.10 Å². The molecule has 0 atom stereocenters. The summed E-state index contributed by atoms with van der Waals surface area (Å²) < 4.78 is 1.91. The molecule has 5 nitrogen and oxygen atoms in total. The molecular formula is C22H23ClN4O. The lowest BCUT2D eigenvalue weighted by molar-refractivity contribution is 0.111. The zero-order chi connectivity index (χ0) is 19.9. The number of benzene rings is 2. The molecule has 0 unspecified atom stereocenters. The van der Waals surface area contributed by atoms with E-state index in [1.54, 1.807) is 6.21 Å². The summed E-state index contributed by atoms with van der Waals surface area (Å²) in [6.07, 6.45) is 5.29. The van der Waals surface area contributed by atoms with Crippen LogP contribution in [-0.4, -0.2) is 22.1 Å². The highest BCUT2D eigenvalue weighted by Crippen LogP contribution is 2.24. The van der Waals surface area contributed by atoms with Gasteiger partial charge in [-0.1, -0.05) is 73.5 Å². The molecule has 0 fully saturated rings. The predicted octanol–water partition coefficient (Wildman–Crippen LogP) is 4.70. The second kappa shape index (κ2) is 9.33.